The molecule has 4 N–H and O–H groups in total. The molecule has 0 atom stereocenters. The second-order valence-electron chi connectivity index (χ2n) is 4.93. The molecule has 1 aromatic carbocycles. The summed E-state index contributed by atoms with van der Waals surface area (Å²) in [4.78, 5) is 8.82. The van der Waals surface area contributed by atoms with Crippen molar-refractivity contribution in [1.29, 1.82) is 5.41 Å². The van der Waals surface area contributed by atoms with E-state index in [2.05, 4.69) is 15.4 Å². The number of fused-ring (bicyclic) bond motifs is 1. The molecule has 0 unspecified atom stereocenters. The molecular weight excluding hydrogens is 311 g/mol. The number of rotatable bonds is 4. The molecular formula is C16H15FN6O. The SMILES string of the molecule is C/C(=N\C(=C/C=N)c1c(-c2ccc(F)cc2)nc2occn12)NN. The number of hydrogen-bond donors (Lipinski definition) is 3. The number of imidazole rings is 1. The van der Waals surface area contributed by atoms with E-state index >= 15 is 0 Å². The summed E-state index contributed by atoms with van der Waals surface area (Å²) in [6, 6.07) is 5.97. The van der Waals surface area contributed by atoms with Crippen molar-refractivity contribution in [3.05, 3.63) is 54.3 Å². The van der Waals surface area contributed by atoms with Gasteiger partial charge in [0.1, 0.15) is 29.3 Å². The van der Waals surface area contributed by atoms with Crippen molar-refractivity contribution in [1.82, 2.24) is 14.8 Å². The summed E-state index contributed by atoms with van der Waals surface area (Å²) in [5.74, 6) is 5.88. The number of halogens is 1. The number of amidine groups is 1. The largest absolute Gasteiger partial charge is 0.432 e. The van der Waals surface area contributed by atoms with Crippen molar-refractivity contribution in [2.75, 3.05) is 0 Å². The zero-order valence-corrected chi connectivity index (χ0v) is 12.8. The van der Waals surface area contributed by atoms with Gasteiger partial charge in [-0.3, -0.25) is 4.40 Å². The Balaban J connectivity index is 2.26. The number of benzene rings is 1. The van der Waals surface area contributed by atoms with Crippen LogP contribution in [0.3, 0.4) is 0 Å². The second-order valence-corrected chi connectivity index (χ2v) is 4.93. The zero-order valence-electron chi connectivity index (χ0n) is 12.8. The lowest BCUT2D eigenvalue weighted by Crippen LogP contribution is -2.27. The lowest BCUT2D eigenvalue weighted by Gasteiger charge is -2.06. The lowest BCUT2D eigenvalue weighted by molar-refractivity contribution is 0.596. The molecule has 0 spiro atoms. The molecule has 0 aliphatic heterocycles. The monoisotopic (exact) mass is 326 g/mol. The van der Waals surface area contributed by atoms with E-state index in [9.17, 15) is 4.39 Å². The van der Waals surface area contributed by atoms with Crippen molar-refractivity contribution in [2.24, 2.45) is 10.8 Å². The molecule has 7 nitrogen and oxygen atoms in total. The van der Waals surface area contributed by atoms with Crippen LogP contribution in [0.25, 0.3) is 22.8 Å². The Kier molecular flexibility index (Phi) is 4.21. The molecule has 0 amide bonds. The van der Waals surface area contributed by atoms with Gasteiger partial charge < -0.3 is 15.3 Å². The third-order valence-corrected chi connectivity index (χ3v) is 3.36. The second kappa shape index (κ2) is 6.47. The molecule has 0 aliphatic rings. The van der Waals surface area contributed by atoms with E-state index < -0.39 is 0 Å². The maximum absolute atomic E-state index is 13.2. The standard InChI is InChI=1S/C16H15FN6O/c1-10(22-19)20-13(6-7-18)15-14(11-2-4-12(17)5-3-11)21-16-23(15)8-9-24-16/h2-9,18H,19H2,1H3,(H,20,22)/b13-6-,18-7?. The minimum Gasteiger partial charge on any atom is -0.432 e. The Morgan fingerprint density at radius 2 is 2.17 bits per heavy atom. The highest BCUT2D eigenvalue weighted by atomic mass is 19.1. The van der Waals surface area contributed by atoms with Gasteiger partial charge in [-0.1, -0.05) is 0 Å². The fraction of sp³-hybridized carbons (Fsp3) is 0.0625. The number of nitrogens with one attached hydrogen (secondary N) is 2. The predicted octanol–water partition coefficient (Wildman–Crippen LogP) is 2.61. The van der Waals surface area contributed by atoms with Gasteiger partial charge in [0.05, 0.1) is 5.70 Å². The number of hydrogen-bond acceptors (Lipinski definition) is 5. The molecule has 2 aromatic heterocycles. The highest BCUT2D eigenvalue weighted by Crippen LogP contribution is 2.30. The first-order chi connectivity index (χ1) is 11.6. The van der Waals surface area contributed by atoms with Gasteiger partial charge in [0.15, 0.2) is 0 Å². The number of allylic oxidation sites excluding steroid dienone is 1. The number of nitrogens with zero attached hydrogens (tertiary/aromatic N) is 3. The zero-order chi connectivity index (χ0) is 17.1. The van der Waals surface area contributed by atoms with Crippen LogP contribution < -0.4 is 11.3 Å². The molecule has 3 rings (SSSR count). The molecule has 0 saturated carbocycles. The van der Waals surface area contributed by atoms with E-state index in [4.69, 9.17) is 15.7 Å². The van der Waals surface area contributed by atoms with Gasteiger partial charge in [-0.2, -0.15) is 4.98 Å². The van der Waals surface area contributed by atoms with Crippen molar-refractivity contribution in [3.63, 3.8) is 0 Å². The molecule has 2 heterocycles. The smallest absolute Gasteiger partial charge is 0.306 e. The average molecular weight is 326 g/mol. The Hall–Kier alpha value is -3.26. The van der Waals surface area contributed by atoms with E-state index in [1.54, 1.807) is 29.7 Å². The van der Waals surface area contributed by atoms with Crippen LogP contribution in [0.1, 0.15) is 12.6 Å². The molecule has 8 heteroatoms. The number of aliphatic imine (C=N–C) groups is 1. The Morgan fingerprint density at radius 3 is 2.83 bits per heavy atom. The maximum atomic E-state index is 13.2. The quantitative estimate of drug-likeness (QED) is 0.296. The Bertz CT molecular complexity index is 935. The van der Waals surface area contributed by atoms with Gasteiger partial charge in [-0.15, -0.1) is 0 Å². The molecule has 0 fully saturated rings. The average Bonchev–Trinajstić information content (AvgIpc) is 3.15. The molecule has 0 aliphatic carbocycles. The highest BCUT2D eigenvalue weighted by Gasteiger charge is 2.19. The molecule has 3 aromatic rings. The first-order valence-electron chi connectivity index (χ1n) is 7.08. The van der Waals surface area contributed by atoms with E-state index in [-0.39, 0.29) is 5.82 Å². The van der Waals surface area contributed by atoms with Crippen LogP contribution >= 0.6 is 0 Å². The van der Waals surface area contributed by atoms with Gasteiger partial charge >= 0.3 is 5.84 Å². The van der Waals surface area contributed by atoms with Crippen molar-refractivity contribution in [2.45, 2.75) is 6.92 Å². The topological polar surface area (TPSA) is 105 Å². The first-order valence-corrected chi connectivity index (χ1v) is 7.08. The van der Waals surface area contributed by atoms with E-state index in [1.807, 2.05) is 0 Å². The molecule has 0 radical (unpaired) electrons. The number of hydrazine groups is 1. The summed E-state index contributed by atoms with van der Waals surface area (Å²) in [7, 11) is 0. The van der Waals surface area contributed by atoms with Crippen molar-refractivity contribution in [3.8, 4) is 11.3 Å². The van der Waals surface area contributed by atoms with Crippen LogP contribution in [0, 0.1) is 11.2 Å². The van der Waals surface area contributed by atoms with Crippen LogP contribution in [-0.2, 0) is 0 Å². The summed E-state index contributed by atoms with van der Waals surface area (Å²) in [5.41, 5.74) is 4.81. The van der Waals surface area contributed by atoms with Crippen LogP contribution in [-0.4, -0.2) is 21.4 Å². The Labute approximate surface area is 136 Å². The summed E-state index contributed by atoms with van der Waals surface area (Å²) in [5, 5.41) is 7.39. The lowest BCUT2D eigenvalue weighted by atomic mass is 10.1. The van der Waals surface area contributed by atoms with Crippen LogP contribution in [0.4, 0.5) is 4.39 Å². The summed E-state index contributed by atoms with van der Waals surface area (Å²) < 4.78 is 20.3. The number of aromatic nitrogens is 2. The van der Waals surface area contributed by atoms with Gasteiger partial charge in [-0.05, 0) is 37.3 Å². The van der Waals surface area contributed by atoms with Crippen LogP contribution in [0.5, 0.6) is 0 Å². The van der Waals surface area contributed by atoms with E-state index in [1.165, 1.54) is 24.5 Å². The molecule has 122 valence electrons. The fourth-order valence-electron chi connectivity index (χ4n) is 2.30. The Morgan fingerprint density at radius 1 is 1.42 bits per heavy atom. The predicted molar refractivity (Wildman–Crippen MR) is 90.0 cm³/mol. The third kappa shape index (κ3) is 2.82. The normalized spacial score (nSPS) is 12.6. The van der Waals surface area contributed by atoms with Crippen molar-refractivity contribution >= 4 is 23.6 Å². The first kappa shape index (κ1) is 15.6. The van der Waals surface area contributed by atoms with Crippen LogP contribution in [0.15, 0.2) is 52.2 Å². The van der Waals surface area contributed by atoms with E-state index in [0.717, 1.165) is 6.21 Å². The molecule has 24 heavy (non-hydrogen) atoms. The maximum Gasteiger partial charge on any atom is 0.306 e. The fourth-order valence-corrected chi connectivity index (χ4v) is 2.30. The summed E-state index contributed by atoms with van der Waals surface area (Å²) in [6.45, 7) is 1.70. The third-order valence-electron chi connectivity index (χ3n) is 3.36. The molecule has 0 saturated heterocycles. The van der Waals surface area contributed by atoms with Crippen molar-refractivity contribution < 1.29 is 8.81 Å². The van der Waals surface area contributed by atoms with Gasteiger partial charge in [0.25, 0.3) is 0 Å². The minimum atomic E-state index is -0.334. The van der Waals surface area contributed by atoms with E-state index in [0.29, 0.717) is 34.3 Å². The van der Waals surface area contributed by atoms with Crippen LogP contribution in [0.2, 0.25) is 0 Å². The molecule has 0 bridgehead atoms. The number of nitrogens with two attached hydrogens (primary N) is 1. The minimum absolute atomic E-state index is 0.334. The number of oxazole rings is 1. The van der Waals surface area contributed by atoms with Gasteiger partial charge in [-0.25, -0.2) is 15.2 Å². The highest BCUT2D eigenvalue weighted by molar-refractivity contribution is 5.93. The summed E-state index contributed by atoms with van der Waals surface area (Å²) in [6.07, 6.45) is 5.84. The summed E-state index contributed by atoms with van der Waals surface area (Å²) >= 11 is 0. The van der Waals surface area contributed by atoms with Gasteiger partial charge in [0, 0.05) is 18.0 Å². The van der Waals surface area contributed by atoms with Gasteiger partial charge in [0.2, 0.25) is 0 Å².